The molecule has 0 bridgehead atoms. The Labute approximate surface area is 200 Å². The molecule has 0 saturated heterocycles. The summed E-state index contributed by atoms with van der Waals surface area (Å²) in [5, 5.41) is 2.90. The van der Waals surface area contributed by atoms with Crippen LogP contribution in [0.2, 0.25) is 0 Å². The molecule has 1 N–H and O–H groups in total. The molecule has 2 aromatic heterocycles. The molecule has 1 amide bonds. The number of hydrogen-bond acceptors (Lipinski definition) is 4. The van der Waals surface area contributed by atoms with E-state index in [1.807, 2.05) is 18.2 Å². The van der Waals surface area contributed by atoms with Gasteiger partial charge >= 0.3 is 0 Å². The van der Waals surface area contributed by atoms with Crippen molar-refractivity contribution in [1.29, 1.82) is 0 Å². The van der Waals surface area contributed by atoms with Crippen LogP contribution in [0, 0.1) is 0 Å². The molecule has 0 aliphatic heterocycles. The van der Waals surface area contributed by atoms with Crippen molar-refractivity contribution in [3.8, 4) is 5.75 Å². The summed E-state index contributed by atoms with van der Waals surface area (Å²) in [6.45, 7) is 4.35. The highest BCUT2D eigenvalue weighted by atomic mass is 16.5. The Morgan fingerprint density at radius 2 is 1.85 bits per heavy atom. The van der Waals surface area contributed by atoms with Crippen molar-refractivity contribution in [3.05, 3.63) is 84.1 Å². The molecule has 0 unspecified atom stereocenters. The zero-order chi connectivity index (χ0) is 23.6. The van der Waals surface area contributed by atoms with Crippen LogP contribution in [0.3, 0.4) is 0 Å². The number of aromatic nitrogens is 2. The molecule has 0 saturated carbocycles. The predicted octanol–water partition coefficient (Wildman–Crippen LogP) is 5.80. The van der Waals surface area contributed by atoms with Crippen LogP contribution in [-0.4, -0.2) is 28.6 Å². The van der Waals surface area contributed by atoms with Gasteiger partial charge in [-0.2, -0.15) is 0 Å². The largest absolute Gasteiger partial charge is 0.494 e. The van der Waals surface area contributed by atoms with Gasteiger partial charge in [0.15, 0.2) is 5.76 Å². The zero-order valence-corrected chi connectivity index (χ0v) is 19.8. The number of rotatable bonds is 13. The zero-order valence-electron chi connectivity index (χ0n) is 19.8. The molecule has 34 heavy (non-hydrogen) atoms. The molecule has 4 rings (SSSR count). The lowest BCUT2D eigenvalue weighted by molar-refractivity contribution is 0.0925. The topological polar surface area (TPSA) is 69.3 Å². The first-order chi connectivity index (χ1) is 16.7. The second-order valence-electron chi connectivity index (χ2n) is 8.41. The van der Waals surface area contributed by atoms with Crippen molar-refractivity contribution in [2.24, 2.45) is 0 Å². The number of nitrogens with zero attached hydrogens (tertiary/aromatic N) is 2. The van der Waals surface area contributed by atoms with E-state index < -0.39 is 0 Å². The summed E-state index contributed by atoms with van der Waals surface area (Å²) in [5.41, 5.74) is 3.54. The smallest absolute Gasteiger partial charge is 0.286 e. The van der Waals surface area contributed by atoms with E-state index in [-0.39, 0.29) is 5.91 Å². The Balaban J connectivity index is 1.24. The van der Waals surface area contributed by atoms with E-state index in [1.54, 1.807) is 12.1 Å². The Hall–Kier alpha value is -3.54. The molecule has 0 atom stereocenters. The summed E-state index contributed by atoms with van der Waals surface area (Å²) in [5.74, 6) is 2.24. The number of carbonyl (C=O) groups is 1. The Bertz CT molecular complexity index is 1160. The lowest BCUT2D eigenvalue weighted by Crippen LogP contribution is -2.23. The number of nitrogens with one attached hydrogen (secondary N) is 1. The van der Waals surface area contributed by atoms with Gasteiger partial charge in [-0.25, -0.2) is 4.98 Å². The third kappa shape index (κ3) is 6.28. The van der Waals surface area contributed by atoms with E-state index in [1.165, 1.54) is 17.3 Å². The van der Waals surface area contributed by atoms with Crippen molar-refractivity contribution in [3.63, 3.8) is 0 Å². The molecule has 0 aliphatic carbocycles. The molecule has 0 fully saturated rings. The summed E-state index contributed by atoms with van der Waals surface area (Å²) >= 11 is 0. The van der Waals surface area contributed by atoms with Crippen LogP contribution >= 0.6 is 0 Å². The van der Waals surface area contributed by atoms with Gasteiger partial charge in [0, 0.05) is 19.5 Å². The third-order valence-corrected chi connectivity index (χ3v) is 5.97. The number of ether oxygens (including phenoxy) is 1. The van der Waals surface area contributed by atoms with Crippen molar-refractivity contribution in [2.75, 3.05) is 13.2 Å². The second kappa shape index (κ2) is 12.1. The summed E-state index contributed by atoms with van der Waals surface area (Å²) in [7, 11) is 0. The number of hydrogen-bond donors (Lipinski definition) is 1. The number of fused-ring (bicyclic) bond motifs is 1. The van der Waals surface area contributed by atoms with Gasteiger partial charge in [-0.15, -0.1) is 0 Å². The number of para-hydroxylation sites is 2. The van der Waals surface area contributed by atoms with E-state index in [0.29, 0.717) is 18.9 Å². The Morgan fingerprint density at radius 3 is 2.65 bits per heavy atom. The Kier molecular flexibility index (Phi) is 8.38. The summed E-state index contributed by atoms with van der Waals surface area (Å²) < 4.78 is 13.4. The van der Waals surface area contributed by atoms with Crippen molar-refractivity contribution >= 4 is 16.9 Å². The van der Waals surface area contributed by atoms with Crippen LogP contribution in [0.5, 0.6) is 5.75 Å². The fourth-order valence-electron chi connectivity index (χ4n) is 4.08. The minimum Gasteiger partial charge on any atom is -0.494 e. The van der Waals surface area contributed by atoms with Crippen LogP contribution in [0.4, 0.5) is 0 Å². The van der Waals surface area contributed by atoms with E-state index in [0.717, 1.165) is 62.2 Å². The van der Waals surface area contributed by atoms with Gasteiger partial charge in [-0.3, -0.25) is 4.79 Å². The third-order valence-electron chi connectivity index (χ3n) is 5.97. The standard InChI is InChI=1S/C28H33N3O3/c1-2-22-14-16-23(17-15-22)33-21-9-19-31-25-11-6-5-10-24(25)30-27(31)13-4-3-7-18-29-28(32)26-12-8-20-34-26/h5-6,8,10-12,14-17,20H,2-4,7,9,13,18-19,21H2,1H3,(H,29,32). The van der Waals surface area contributed by atoms with Crippen LogP contribution in [0.1, 0.15) is 54.5 Å². The van der Waals surface area contributed by atoms with Crippen molar-refractivity contribution in [1.82, 2.24) is 14.9 Å². The van der Waals surface area contributed by atoms with Gasteiger partial charge in [0.2, 0.25) is 0 Å². The number of benzene rings is 2. The monoisotopic (exact) mass is 459 g/mol. The molecule has 6 nitrogen and oxygen atoms in total. The maximum absolute atomic E-state index is 11.9. The quantitative estimate of drug-likeness (QED) is 0.256. The molecule has 2 heterocycles. The molecule has 6 heteroatoms. The number of imidazole rings is 1. The summed E-state index contributed by atoms with van der Waals surface area (Å²) in [6, 6.07) is 20.1. The first-order valence-corrected chi connectivity index (χ1v) is 12.2. The molecule has 0 spiro atoms. The number of carbonyl (C=O) groups excluding carboxylic acids is 1. The molecule has 4 aromatic rings. The van der Waals surface area contributed by atoms with E-state index in [2.05, 4.69) is 47.1 Å². The highest BCUT2D eigenvalue weighted by molar-refractivity contribution is 5.91. The van der Waals surface area contributed by atoms with Crippen LogP contribution in [-0.2, 0) is 19.4 Å². The number of aryl methyl sites for hydroxylation is 3. The maximum Gasteiger partial charge on any atom is 0.286 e. The predicted molar refractivity (Wildman–Crippen MR) is 134 cm³/mol. The molecular weight excluding hydrogens is 426 g/mol. The van der Waals surface area contributed by atoms with Gasteiger partial charge < -0.3 is 19.0 Å². The number of amides is 1. The number of unbranched alkanes of at least 4 members (excludes halogenated alkanes) is 2. The second-order valence-corrected chi connectivity index (χ2v) is 8.41. The van der Waals surface area contributed by atoms with Crippen LogP contribution in [0.25, 0.3) is 11.0 Å². The highest BCUT2D eigenvalue weighted by Crippen LogP contribution is 2.19. The normalized spacial score (nSPS) is 11.1. The van der Waals surface area contributed by atoms with Crippen LogP contribution < -0.4 is 10.1 Å². The Morgan fingerprint density at radius 1 is 1.00 bits per heavy atom. The van der Waals surface area contributed by atoms with E-state index in [4.69, 9.17) is 14.1 Å². The van der Waals surface area contributed by atoms with Crippen molar-refractivity contribution in [2.45, 2.75) is 52.0 Å². The minimum absolute atomic E-state index is 0.157. The first-order valence-electron chi connectivity index (χ1n) is 12.2. The highest BCUT2D eigenvalue weighted by Gasteiger charge is 2.11. The molecule has 2 aromatic carbocycles. The first kappa shape index (κ1) is 23.6. The van der Waals surface area contributed by atoms with Crippen LogP contribution in [0.15, 0.2) is 71.3 Å². The van der Waals surface area contributed by atoms with E-state index in [9.17, 15) is 4.79 Å². The SMILES string of the molecule is CCc1ccc(OCCCn2c(CCCCCNC(=O)c3ccco3)nc3ccccc32)cc1. The molecular formula is C28H33N3O3. The summed E-state index contributed by atoms with van der Waals surface area (Å²) in [6.07, 6.45) is 7.37. The average Bonchev–Trinajstić information content (AvgIpc) is 3.53. The van der Waals surface area contributed by atoms with Gasteiger partial charge in [-0.1, -0.05) is 37.6 Å². The lowest BCUT2D eigenvalue weighted by Gasteiger charge is -2.11. The fourth-order valence-corrected chi connectivity index (χ4v) is 4.08. The van der Waals surface area contributed by atoms with Gasteiger partial charge in [0.1, 0.15) is 11.6 Å². The van der Waals surface area contributed by atoms with E-state index >= 15 is 0 Å². The van der Waals surface area contributed by atoms with Crippen molar-refractivity contribution < 1.29 is 13.9 Å². The maximum atomic E-state index is 11.9. The lowest BCUT2D eigenvalue weighted by atomic mass is 10.2. The van der Waals surface area contributed by atoms with Gasteiger partial charge in [0.05, 0.1) is 23.9 Å². The molecule has 0 aliphatic rings. The van der Waals surface area contributed by atoms with Gasteiger partial charge in [0.25, 0.3) is 5.91 Å². The average molecular weight is 460 g/mol. The minimum atomic E-state index is -0.157. The molecule has 178 valence electrons. The number of furan rings is 1. The summed E-state index contributed by atoms with van der Waals surface area (Å²) in [4.78, 5) is 16.8. The molecule has 0 radical (unpaired) electrons. The fraction of sp³-hybridized carbons (Fsp3) is 0.357. The van der Waals surface area contributed by atoms with Gasteiger partial charge in [-0.05, 0) is 67.6 Å².